The van der Waals surface area contributed by atoms with E-state index in [9.17, 15) is 9.59 Å². The van der Waals surface area contributed by atoms with Crippen LogP contribution in [0.25, 0.3) is 11.3 Å². The van der Waals surface area contributed by atoms with Gasteiger partial charge in [-0.05, 0) is 50.1 Å². The molecule has 0 aliphatic carbocycles. The van der Waals surface area contributed by atoms with Crippen LogP contribution in [0.1, 0.15) is 31.4 Å². The predicted octanol–water partition coefficient (Wildman–Crippen LogP) is 3.03. The van der Waals surface area contributed by atoms with E-state index in [-0.39, 0.29) is 18.0 Å². The smallest absolute Gasteiger partial charge is 0.267 e. The summed E-state index contributed by atoms with van der Waals surface area (Å²) in [6, 6.07) is 14.4. The number of hydrogen-bond donors (Lipinski definition) is 1. The van der Waals surface area contributed by atoms with Crippen LogP contribution in [0.2, 0.25) is 0 Å². The summed E-state index contributed by atoms with van der Waals surface area (Å²) >= 11 is 0. The van der Waals surface area contributed by atoms with Crippen LogP contribution in [0.15, 0.2) is 53.3 Å². The van der Waals surface area contributed by atoms with Crippen LogP contribution in [0.3, 0.4) is 0 Å². The van der Waals surface area contributed by atoms with Gasteiger partial charge in [0.05, 0.1) is 11.4 Å². The highest BCUT2D eigenvalue weighted by Gasteiger charge is 2.12. The van der Waals surface area contributed by atoms with Crippen molar-refractivity contribution in [2.45, 2.75) is 39.2 Å². The lowest BCUT2D eigenvalue weighted by Gasteiger charge is -2.20. The Bertz CT molecular complexity index is 1080. The molecule has 8 heteroatoms. The molecule has 1 aromatic carbocycles. The molecule has 1 aliphatic rings. The van der Waals surface area contributed by atoms with Crippen LogP contribution in [0.4, 0.5) is 11.5 Å². The Morgan fingerprint density at radius 1 is 0.935 bits per heavy atom. The number of aromatic nitrogens is 4. The van der Waals surface area contributed by atoms with Crippen LogP contribution in [0, 0.1) is 6.92 Å². The SMILES string of the molecule is Cc1ccc(=O)n(CC(=O)Nc2ccc(-c3ccc(N4CCCCCC4)nn3)cc2)n1. The number of carbonyl (C=O) groups excluding carboxylic acids is 1. The van der Waals surface area contributed by atoms with Crippen molar-refractivity contribution in [2.24, 2.45) is 0 Å². The minimum Gasteiger partial charge on any atom is -0.355 e. The van der Waals surface area contributed by atoms with Gasteiger partial charge in [-0.1, -0.05) is 25.0 Å². The van der Waals surface area contributed by atoms with Crippen molar-refractivity contribution in [3.63, 3.8) is 0 Å². The summed E-state index contributed by atoms with van der Waals surface area (Å²) in [6.07, 6.45) is 4.96. The van der Waals surface area contributed by atoms with Crippen LogP contribution < -0.4 is 15.8 Å². The molecule has 0 spiro atoms. The van der Waals surface area contributed by atoms with E-state index in [1.54, 1.807) is 13.0 Å². The number of rotatable bonds is 5. The van der Waals surface area contributed by atoms with Gasteiger partial charge in [0.15, 0.2) is 5.82 Å². The van der Waals surface area contributed by atoms with E-state index in [1.807, 2.05) is 36.4 Å². The Balaban J connectivity index is 1.39. The van der Waals surface area contributed by atoms with Crippen LogP contribution in [-0.2, 0) is 11.3 Å². The van der Waals surface area contributed by atoms with Gasteiger partial charge < -0.3 is 10.2 Å². The highest BCUT2D eigenvalue weighted by atomic mass is 16.2. The van der Waals surface area contributed by atoms with Crippen molar-refractivity contribution in [3.05, 3.63) is 64.6 Å². The Labute approximate surface area is 180 Å². The van der Waals surface area contributed by atoms with Crippen molar-refractivity contribution in [1.82, 2.24) is 20.0 Å². The van der Waals surface area contributed by atoms with Gasteiger partial charge >= 0.3 is 0 Å². The van der Waals surface area contributed by atoms with Gasteiger partial charge in [-0.3, -0.25) is 9.59 Å². The fourth-order valence-corrected chi connectivity index (χ4v) is 3.67. The second-order valence-corrected chi connectivity index (χ2v) is 7.77. The van der Waals surface area contributed by atoms with Gasteiger partial charge in [-0.2, -0.15) is 5.10 Å². The molecule has 31 heavy (non-hydrogen) atoms. The lowest BCUT2D eigenvalue weighted by Crippen LogP contribution is -2.29. The van der Waals surface area contributed by atoms with Crippen LogP contribution >= 0.6 is 0 Å². The third kappa shape index (κ3) is 5.33. The molecule has 2 aromatic heterocycles. The van der Waals surface area contributed by atoms with Gasteiger partial charge in [0.25, 0.3) is 5.56 Å². The summed E-state index contributed by atoms with van der Waals surface area (Å²) in [5, 5.41) is 15.7. The normalized spacial score (nSPS) is 14.2. The first-order chi connectivity index (χ1) is 15.1. The van der Waals surface area contributed by atoms with E-state index in [1.165, 1.54) is 31.7 Å². The van der Waals surface area contributed by atoms with E-state index in [0.717, 1.165) is 34.8 Å². The van der Waals surface area contributed by atoms with Crippen molar-refractivity contribution >= 4 is 17.4 Å². The number of nitrogens with one attached hydrogen (secondary N) is 1. The Kier molecular flexibility index (Phi) is 6.35. The molecule has 4 rings (SSSR count). The molecule has 0 bridgehead atoms. The minimum atomic E-state index is -0.311. The summed E-state index contributed by atoms with van der Waals surface area (Å²) in [5.74, 6) is 0.615. The molecule has 160 valence electrons. The molecule has 1 N–H and O–H groups in total. The number of aryl methyl sites for hydroxylation is 1. The average Bonchev–Trinajstić information content (AvgIpc) is 3.07. The first kappa shape index (κ1) is 20.7. The zero-order chi connectivity index (χ0) is 21.6. The van der Waals surface area contributed by atoms with E-state index >= 15 is 0 Å². The van der Waals surface area contributed by atoms with Crippen LogP contribution in [0.5, 0.6) is 0 Å². The monoisotopic (exact) mass is 418 g/mol. The molecule has 1 saturated heterocycles. The maximum absolute atomic E-state index is 12.3. The molecule has 1 amide bonds. The molecular formula is C23H26N6O2. The number of anilines is 2. The van der Waals surface area contributed by atoms with Crippen molar-refractivity contribution in [3.8, 4) is 11.3 Å². The fraction of sp³-hybridized carbons (Fsp3) is 0.348. The first-order valence-electron chi connectivity index (χ1n) is 10.6. The Morgan fingerprint density at radius 3 is 2.35 bits per heavy atom. The molecular weight excluding hydrogens is 392 g/mol. The molecule has 0 radical (unpaired) electrons. The number of carbonyl (C=O) groups is 1. The van der Waals surface area contributed by atoms with E-state index in [2.05, 4.69) is 25.5 Å². The molecule has 0 saturated carbocycles. The van der Waals surface area contributed by atoms with Gasteiger partial charge in [0, 0.05) is 30.4 Å². The number of hydrogen-bond acceptors (Lipinski definition) is 6. The van der Waals surface area contributed by atoms with Crippen LogP contribution in [-0.4, -0.2) is 39.0 Å². The second kappa shape index (κ2) is 9.51. The number of nitrogens with zero attached hydrogens (tertiary/aromatic N) is 5. The lowest BCUT2D eigenvalue weighted by atomic mass is 10.1. The summed E-state index contributed by atoms with van der Waals surface area (Å²) in [5.41, 5.74) is 2.72. The van der Waals surface area contributed by atoms with Crippen molar-refractivity contribution in [1.29, 1.82) is 0 Å². The van der Waals surface area contributed by atoms with Gasteiger partial charge in [-0.15, -0.1) is 10.2 Å². The summed E-state index contributed by atoms with van der Waals surface area (Å²) in [7, 11) is 0. The maximum atomic E-state index is 12.3. The maximum Gasteiger partial charge on any atom is 0.267 e. The molecule has 1 fully saturated rings. The lowest BCUT2D eigenvalue weighted by molar-refractivity contribution is -0.117. The molecule has 3 aromatic rings. The quantitative estimate of drug-likeness (QED) is 0.685. The third-order valence-electron chi connectivity index (χ3n) is 5.34. The molecule has 8 nitrogen and oxygen atoms in total. The Morgan fingerprint density at radius 2 is 1.68 bits per heavy atom. The third-order valence-corrected chi connectivity index (χ3v) is 5.34. The van der Waals surface area contributed by atoms with Gasteiger partial charge in [-0.25, -0.2) is 4.68 Å². The topological polar surface area (TPSA) is 93.0 Å². The molecule has 1 aliphatic heterocycles. The minimum absolute atomic E-state index is 0.133. The molecule has 0 unspecified atom stereocenters. The summed E-state index contributed by atoms with van der Waals surface area (Å²) in [6.45, 7) is 3.71. The van der Waals surface area contributed by atoms with Crippen molar-refractivity contribution in [2.75, 3.05) is 23.3 Å². The largest absolute Gasteiger partial charge is 0.355 e. The number of benzene rings is 1. The van der Waals surface area contributed by atoms with E-state index in [0.29, 0.717) is 11.4 Å². The van der Waals surface area contributed by atoms with E-state index < -0.39 is 0 Å². The van der Waals surface area contributed by atoms with E-state index in [4.69, 9.17) is 0 Å². The standard InChI is InChI=1S/C23H26N6O2/c1-17-6-13-23(31)29(27-17)16-22(30)24-19-9-7-18(8-10-19)20-11-12-21(26-25-20)28-14-4-2-3-5-15-28/h6-13H,2-5,14-16H2,1H3,(H,24,30). The highest BCUT2D eigenvalue weighted by molar-refractivity contribution is 5.90. The summed E-state index contributed by atoms with van der Waals surface area (Å²) in [4.78, 5) is 26.4. The van der Waals surface area contributed by atoms with Gasteiger partial charge in [0.2, 0.25) is 5.91 Å². The second-order valence-electron chi connectivity index (χ2n) is 7.77. The Hall–Kier alpha value is -3.55. The fourth-order valence-electron chi connectivity index (χ4n) is 3.67. The average molecular weight is 419 g/mol. The van der Waals surface area contributed by atoms with Crippen molar-refractivity contribution < 1.29 is 4.79 Å². The zero-order valence-corrected chi connectivity index (χ0v) is 17.6. The number of amides is 1. The molecule has 3 heterocycles. The first-order valence-corrected chi connectivity index (χ1v) is 10.6. The van der Waals surface area contributed by atoms with Gasteiger partial charge in [0.1, 0.15) is 6.54 Å². The predicted molar refractivity (Wildman–Crippen MR) is 120 cm³/mol. The molecule has 0 atom stereocenters. The zero-order valence-electron chi connectivity index (χ0n) is 17.6. The summed E-state index contributed by atoms with van der Waals surface area (Å²) < 4.78 is 1.15. The highest BCUT2D eigenvalue weighted by Crippen LogP contribution is 2.22.